The molecule has 8 heteroatoms. The molecular weight excluding hydrogens is 406 g/mol. The van der Waals surface area contributed by atoms with Crippen molar-refractivity contribution in [2.45, 2.75) is 26.3 Å². The molecular formula is C24H25N5O3. The van der Waals surface area contributed by atoms with Crippen LogP contribution in [-0.4, -0.2) is 39.0 Å². The molecule has 0 radical (unpaired) electrons. The lowest BCUT2D eigenvalue weighted by Crippen LogP contribution is -2.36. The molecule has 0 bridgehead atoms. The van der Waals surface area contributed by atoms with Gasteiger partial charge in [-0.05, 0) is 48.7 Å². The minimum absolute atomic E-state index is 0.152. The van der Waals surface area contributed by atoms with Gasteiger partial charge in [0, 0.05) is 12.1 Å². The molecule has 0 spiro atoms. The van der Waals surface area contributed by atoms with Crippen LogP contribution in [0.4, 0.5) is 0 Å². The zero-order valence-corrected chi connectivity index (χ0v) is 18.3. The lowest BCUT2D eigenvalue weighted by Gasteiger charge is -2.13. The molecule has 0 aliphatic heterocycles. The van der Waals surface area contributed by atoms with E-state index in [1.54, 1.807) is 20.1 Å². The molecule has 164 valence electrons. The fourth-order valence-electron chi connectivity index (χ4n) is 3.54. The molecule has 32 heavy (non-hydrogen) atoms. The Morgan fingerprint density at radius 3 is 2.50 bits per heavy atom. The zero-order valence-electron chi connectivity index (χ0n) is 18.3. The van der Waals surface area contributed by atoms with E-state index in [2.05, 4.69) is 15.5 Å². The van der Waals surface area contributed by atoms with Gasteiger partial charge < -0.3 is 10.1 Å². The Bertz CT molecular complexity index is 1290. The molecule has 1 atom stereocenters. The molecule has 4 rings (SSSR count). The second-order valence-electron chi connectivity index (χ2n) is 7.68. The maximum atomic E-state index is 13.0. The average molecular weight is 431 g/mol. The SMILES string of the molecule is COc1ccc(-c2cc3c(=O)n(CC(=O)NC[C@@H](C)c4ccccc4)nc(C)n3n2)cc1. The van der Waals surface area contributed by atoms with E-state index in [9.17, 15) is 9.59 Å². The maximum Gasteiger partial charge on any atom is 0.293 e. The van der Waals surface area contributed by atoms with Crippen molar-refractivity contribution in [2.75, 3.05) is 13.7 Å². The number of amides is 1. The molecule has 0 unspecified atom stereocenters. The van der Waals surface area contributed by atoms with E-state index in [0.717, 1.165) is 16.9 Å². The molecule has 8 nitrogen and oxygen atoms in total. The van der Waals surface area contributed by atoms with Crippen molar-refractivity contribution in [3.05, 3.63) is 82.4 Å². The van der Waals surface area contributed by atoms with Gasteiger partial charge in [0.25, 0.3) is 5.56 Å². The van der Waals surface area contributed by atoms with Crippen molar-refractivity contribution < 1.29 is 9.53 Å². The summed E-state index contributed by atoms with van der Waals surface area (Å²) in [5, 5.41) is 11.7. The summed E-state index contributed by atoms with van der Waals surface area (Å²) in [7, 11) is 1.61. The quantitative estimate of drug-likeness (QED) is 0.486. The Morgan fingerprint density at radius 1 is 1.09 bits per heavy atom. The first-order valence-electron chi connectivity index (χ1n) is 10.4. The highest BCUT2D eigenvalue weighted by atomic mass is 16.5. The van der Waals surface area contributed by atoms with E-state index >= 15 is 0 Å². The number of aromatic nitrogens is 4. The lowest BCUT2D eigenvalue weighted by atomic mass is 10.0. The number of nitrogens with one attached hydrogen (secondary N) is 1. The maximum absolute atomic E-state index is 13.0. The number of methoxy groups -OCH3 is 1. The molecule has 0 aliphatic carbocycles. The molecule has 2 aromatic carbocycles. The zero-order chi connectivity index (χ0) is 22.7. The normalized spacial score (nSPS) is 12.0. The molecule has 0 fully saturated rings. The molecule has 1 N–H and O–H groups in total. The fraction of sp³-hybridized carbons (Fsp3) is 0.250. The number of hydrogen-bond donors (Lipinski definition) is 1. The van der Waals surface area contributed by atoms with Gasteiger partial charge >= 0.3 is 0 Å². The lowest BCUT2D eigenvalue weighted by molar-refractivity contribution is -0.121. The summed E-state index contributed by atoms with van der Waals surface area (Å²) in [4.78, 5) is 25.5. The van der Waals surface area contributed by atoms with Gasteiger partial charge in [0.05, 0.1) is 12.8 Å². The highest BCUT2D eigenvalue weighted by Gasteiger charge is 2.15. The summed E-state index contributed by atoms with van der Waals surface area (Å²) < 4.78 is 7.88. The number of carbonyl (C=O) groups excluding carboxylic acids is 1. The summed E-state index contributed by atoms with van der Waals surface area (Å²) in [6.45, 7) is 4.13. The summed E-state index contributed by atoms with van der Waals surface area (Å²) in [5.74, 6) is 1.16. The van der Waals surface area contributed by atoms with Crippen LogP contribution < -0.4 is 15.6 Å². The van der Waals surface area contributed by atoms with Gasteiger partial charge in [0.15, 0.2) is 0 Å². The van der Waals surface area contributed by atoms with Gasteiger partial charge in [-0.15, -0.1) is 0 Å². The van der Waals surface area contributed by atoms with Crippen LogP contribution in [0.25, 0.3) is 16.8 Å². The predicted molar refractivity (Wildman–Crippen MR) is 122 cm³/mol. The van der Waals surface area contributed by atoms with E-state index in [4.69, 9.17) is 4.74 Å². The minimum atomic E-state index is -0.367. The Hall–Kier alpha value is -3.94. The van der Waals surface area contributed by atoms with E-state index in [1.807, 2.05) is 61.5 Å². The number of ether oxygens (including phenoxy) is 1. The Labute approximate surface area is 185 Å². The van der Waals surface area contributed by atoms with E-state index in [1.165, 1.54) is 9.20 Å². The van der Waals surface area contributed by atoms with E-state index < -0.39 is 0 Å². The van der Waals surface area contributed by atoms with Crippen molar-refractivity contribution in [3.8, 4) is 17.0 Å². The molecule has 0 aliphatic rings. The third-order valence-corrected chi connectivity index (χ3v) is 5.39. The number of aryl methyl sites for hydroxylation is 1. The van der Waals surface area contributed by atoms with Gasteiger partial charge in [-0.25, -0.2) is 9.20 Å². The van der Waals surface area contributed by atoms with Gasteiger partial charge in [0.2, 0.25) is 5.91 Å². The van der Waals surface area contributed by atoms with Crippen molar-refractivity contribution in [1.82, 2.24) is 24.7 Å². The van der Waals surface area contributed by atoms with Crippen LogP contribution in [0.2, 0.25) is 0 Å². The van der Waals surface area contributed by atoms with Crippen LogP contribution in [0.1, 0.15) is 24.2 Å². The highest BCUT2D eigenvalue weighted by molar-refractivity contribution is 5.76. The second kappa shape index (κ2) is 9.05. The molecule has 0 saturated heterocycles. The highest BCUT2D eigenvalue weighted by Crippen LogP contribution is 2.22. The Kier molecular flexibility index (Phi) is 6.02. The first-order valence-corrected chi connectivity index (χ1v) is 10.4. The number of carbonyl (C=O) groups is 1. The van der Waals surface area contributed by atoms with Crippen LogP contribution in [-0.2, 0) is 11.3 Å². The summed E-state index contributed by atoms with van der Waals surface area (Å²) in [5.41, 5.74) is 2.65. The standard InChI is InChI=1S/C24H25N5O3/c1-16(18-7-5-4-6-8-18)14-25-23(30)15-28-24(31)22-13-21(27-29(22)17(2)26-28)19-9-11-20(32-3)12-10-19/h4-13,16H,14-15H2,1-3H3,(H,25,30)/t16-/m1/s1. The van der Waals surface area contributed by atoms with Crippen LogP contribution in [0.3, 0.4) is 0 Å². The first-order chi connectivity index (χ1) is 15.5. The topological polar surface area (TPSA) is 90.5 Å². The Balaban J connectivity index is 1.52. The van der Waals surface area contributed by atoms with Crippen molar-refractivity contribution in [1.29, 1.82) is 0 Å². The molecule has 4 aromatic rings. The summed E-state index contributed by atoms with van der Waals surface area (Å²) in [6.07, 6.45) is 0. The van der Waals surface area contributed by atoms with Crippen LogP contribution in [0.5, 0.6) is 5.75 Å². The minimum Gasteiger partial charge on any atom is -0.497 e. The van der Waals surface area contributed by atoms with Crippen molar-refractivity contribution in [2.24, 2.45) is 0 Å². The summed E-state index contributed by atoms with van der Waals surface area (Å²) >= 11 is 0. The third kappa shape index (κ3) is 4.39. The fourth-order valence-corrected chi connectivity index (χ4v) is 3.54. The van der Waals surface area contributed by atoms with Gasteiger partial charge in [-0.3, -0.25) is 9.59 Å². The average Bonchev–Trinajstić information content (AvgIpc) is 3.28. The van der Waals surface area contributed by atoms with E-state index in [-0.39, 0.29) is 23.9 Å². The van der Waals surface area contributed by atoms with Crippen molar-refractivity contribution >= 4 is 11.4 Å². The summed E-state index contributed by atoms with van der Waals surface area (Å²) in [6, 6.07) is 19.1. The van der Waals surface area contributed by atoms with E-state index in [0.29, 0.717) is 23.6 Å². The number of benzene rings is 2. The van der Waals surface area contributed by atoms with Crippen LogP contribution in [0.15, 0.2) is 65.5 Å². The van der Waals surface area contributed by atoms with Crippen LogP contribution in [0, 0.1) is 6.92 Å². The molecule has 2 heterocycles. The number of fused-ring (bicyclic) bond motifs is 1. The van der Waals surface area contributed by atoms with Gasteiger partial charge in [-0.2, -0.15) is 10.2 Å². The molecule has 0 saturated carbocycles. The molecule has 1 amide bonds. The molecule has 2 aromatic heterocycles. The largest absolute Gasteiger partial charge is 0.497 e. The Morgan fingerprint density at radius 2 is 1.81 bits per heavy atom. The predicted octanol–water partition coefficient (Wildman–Crippen LogP) is 2.79. The number of hydrogen-bond acceptors (Lipinski definition) is 5. The third-order valence-electron chi connectivity index (χ3n) is 5.39. The van der Waals surface area contributed by atoms with Crippen LogP contribution >= 0.6 is 0 Å². The van der Waals surface area contributed by atoms with Gasteiger partial charge in [-0.1, -0.05) is 37.3 Å². The second-order valence-corrected chi connectivity index (χ2v) is 7.68. The first kappa shape index (κ1) is 21.3. The number of rotatable bonds is 7. The monoisotopic (exact) mass is 431 g/mol. The van der Waals surface area contributed by atoms with Crippen molar-refractivity contribution in [3.63, 3.8) is 0 Å². The number of nitrogens with zero attached hydrogens (tertiary/aromatic N) is 4. The smallest absolute Gasteiger partial charge is 0.293 e. The van der Waals surface area contributed by atoms with Gasteiger partial charge in [0.1, 0.15) is 23.6 Å².